The molecule has 0 fully saturated rings. The first-order valence-electron chi connectivity index (χ1n) is 8.54. The number of rotatable bonds is 9. The molecule has 0 aromatic heterocycles. The normalized spacial score (nSPS) is 10.4. The molecule has 2 aromatic rings. The van der Waals surface area contributed by atoms with Crippen LogP contribution in [0.1, 0.15) is 18.1 Å². The van der Waals surface area contributed by atoms with Gasteiger partial charge in [-0.3, -0.25) is 4.79 Å². The van der Waals surface area contributed by atoms with Crippen molar-refractivity contribution in [3.8, 4) is 29.6 Å². The Hall–Kier alpha value is -2.73. The number of terminal acetylenes is 1. The lowest BCUT2D eigenvalue weighted by molar-refractivity contribution is -0.120. The average molecular weight is 492 g/mol. The maximum absolute atomic E-state index is 12.1. The number of amides is 1. The summed E-state index contributed by atoms with van der Waals surface area (Å²) in [5.74, 6) is 4.12. The molecule has 0 aliphatic heterocycles. The summed E-state index contributed by atoms with van der Waals surface area (Å²) in [6.07, 6.45) is 7.01. The standard InChI is InChI=1S/C21H21IN2O4/c1-4-10-28-21-18(22)11-16(12-19(21)26-3)14-23-24-20(25)13-15-6-8-17(9-7-15)27-5-2/h1,6-9,11-12,14H,5,10,13H2,2-3H3,(H,24,25)/b23-14-. The molecule has 1 N–H and O–H groups in total. The summed E-state index contributed by atoms with van der Waals surface area (Å²) in [6.45, 7) is 2.69. The van der Waals surface area contributed by atoms with Crippen molar-refractivity contribution in [1.29, 1.82) is 0 Å². The molecule has 146 valence electrons. The topological polar surface area (TPSA) is 69.2 Å². The molecule has 2 rings (SSSR count). The Balaban J connectivity index is 1.97. The van der Waals surface area contributed by atoms with Crippen molar-refractivity contribution in [2.24, 2.45) is 5.10 Å². The van der Waals surface area contributed by atoms with Gasteiger partial charge in [-0.25, -0.2) is 5.43 Å². The maximum atomic E-state index is 12.1. The molecule has 0 atom stereocenters. The van der Waals surface area contributed by atoms with Crippen molar-refractivity contribution in [2.75, 3.05) is 20.3 Å². The molecular weight excluding hydrogens is 471 g/mol. The van der Waals surface area contributed by atoms with Crippen LogP contribution in [0.15, 0.2) is 41.5 Å². The van der Waals surface area contributed by atoms with Gasteiger partial charge in [-0.1, -0.05) is 18.1 Å². The summed E-state index contributed by atoms with van der Waals surface area (Å²) in [4.78, 5) is 12.1. The Morgan fingerprint density at radius 2 is 2.04 bits per heavy atom. The zero-order valence-electron chi connectivity index (χ0n) is 15.7. The van der Waals surface area contributed by atoms with Crippen LogP contribution in [0, 0.1) is 15.9 Å². The second-order valence-electron chi connectivity index (χ2n) is 5.57. The van der Waals surface area contributed by atoms with E-state index < -0.39 is 0 Å². The highest BCUT2D eigenvalue weighted by molar-refractivity contribution is 14.1. The smallest absolute Gasteiger partial charge is 0.244 e. The molecule has 0 aliphatic rings. The highest BCUT2D eigenvalue weighted by Gasteiger charge is 2.11. The predicted molar refractivity (Wildman–Crippen MR) is 117 cm³/mol. The van der Waals surface area contributed by atoms with E-state index in [1.807, 2.05) is 37.3 Å². The highest BCUT2D eigenvalue weighted by atomic mass is 127. The van der Waals surface area contributed by atoms with Gasteiger partial charge in [0.25, 0.3) is 0 Å². The summed E-state index contributed by atoms with van der Waals surface area (Å²) in [7, 11) is 1.55. The Morgan fingerprint density at radius 1 is 1.29 bits per heavy atom. The summed E-state index contributed by atoms with van der Waals surface area (Å²) in [5.41, 5.74) is 4.16. The SMILES string of the molecule is C#CCOc1c(I)cc(/C=N\NC(=O)Cc2ccc(OCC)cc2)cc1OC. The lowest BCUT2D eigenvalue weighted by Crippen LogP contribution is -2.19. The fraction of sp³-hybridized carbons (Fsp3) is 0.238. The lowest BCUT2D eigenvalue weighted by Gasteiger charge is -2.11. The molecule has 0 saturated carbocycles. The number of benzene rings is 2. The van der Waals surface area contributed by atoms with Gasteiger partial charge in [-0.15, -0.1) is 6.42 Å². The maximum Gasteiger partial charge on any atom is 0.244 e. The molecule has 1 amide bonds. The lowest BCUT2D eigenvalue weighted by atomic mass is 10.1. The largest absolute Gasteiger partial charge is 0.494 e. The van der Waals surface area contributed by atoms with Gasteiger partial charge < -0.3 is 14.2 Å². The summed E-state index contributed by atoms with van der Waals surface area (Å²) in [6, 6.07) is 11.0. The zero-order chi connectivity index (χ0) is 20.4. The molecule has 28 heavy (non-hydrogen) atoms. The van der Waals surface area contributed by atoms with Crippen molar-refractivity contribution in [1.82, 2.24) is 5.43 Å². The second-order valence-corrected chi connectivity index (χ2v) is 6.74. The van der Waals surface area contributed by atoms with Crippen LogP contribution in [0.3, 0.4) is 0 Å². The molecule has 0 saturated heterocycles. The monoisotopic (exact) mass is 492 g/mol. The van der Waals surface area contributed by atoms with Crippen molar-refractivity contribution < 1.29 is 19.0 Å². The Kier molecular flexibility index (Phi) is 8.62. The van der Waals surface area contributed by atoms with E-state index in [2.05, 4.69) is 39.0 Å². The third-order valence-electron chi connectivity index (χ3n) is 3.55. The van der Waals surface area contributed by atoms with E-state index in [9.17, 15) is 4.79 Å². The molecule has 0 heterocycles. The van der Waals surface area contributed by atoms with Crippen LogP contribution in [0.25, 0.3) is 0 Å². The number of nitrogens with zero attached hydrogens (tertiary/aromatic N) is 1. The van der Waals surface area contributed by atoms with Crippen LogP contribution in [0.2, 0.25) is 0 Å². The van der Waals surface area contributed by atoms with E-state index in [0.717, 1.165) is 20.4 Å². The summed E-state index contributed by atoms with van der Waals surface area (Å²) < 4.78 is 17.1. The van der Waals surface area contributed by atoms with E-state index in [1.165, 1.54) is 0 Å². The zero-order valence-corrected chi connectivity index (χ0v) is 17.9. The van der Waals surface area contributed by atoms with E-state index in [1.54, 1.807) is 19.4 Å². The van der Waals surface area contributed by atoms with Crippen LogP contribution in [-0.2, 0) is 11.2 Å². The van der Waals surface area contributed by atoms with Crippen molar-refractivity contribution in [2.45, 2.75) is 13.3 Å². The van der Waals surface area contributed by atoms with Gasteiger partial charge in [0.1, 0.15) is 12.4 Å². The third kappa shape index (κ3) is 6.46. The number of carbonyl (C=O) groups is 1. The van der Waals surface area contributed by atoms with Crippen molar-refractivity contribution in [3.63, 3.8) is 0 Å². The number of hydrogen-bond donors (Lipinski definition) is 1. The minimum atomic E-state index is -0.212. The first-order chi connectivity index (χ1) is 13.6. The van der Waals surface area contributed by atoms with Crippen LogP contribution < -0.4 is 19.6 Å². The first kappa shape index (κ1) is 21.6. The molecule has 0 aliphatic carbocycles. The van der Waals surface area contributed by atoms with E-state index in [4.69, 9.17) is 20.6 Å². The molecule has 0 bridgehead atoms. The van der Waals surface area contributed by atoms with Crippen LogP contribution in [0.4, 0.5) is 0 Å². The number of nitrogens with one attached hydrogen (secondary N) is 1. The van der Waals surface area contributed by atoms with Gasteiger partial charge >= 0.3 is 0 Å². The first-order valence-corrected chi connectivity index (χ1v) is 9.62. The predicted octanol–water partition coefficient (Wildman–Crippen LogP) is 3.40. The number of methoxy groups -OCH3 is 1. The number of halogens is 1. The Morgan fingerprint density at radius 3 is 2.68 bits per heavy atom. The van der Waals surface area contributed by atoms with Gasteiger partial charge in [-0.2, -0.15) is 5.10 Å². The fourth-order valence-electron chi connectivity index (χ4n) is 2.34. The van der Waals surface area contributed by atoms with Crippen LogP contribution in [0.5, 0.6) is 17.2 Å². The van der Waals surface area contributed by atoms with Crippen LogP contribution in [-0.4, -0.2) is 32.4 Å². The van der Waals surface area contributed by atoms with E-state index >= 15 is 0 Å². The number of hydrogen-bond acceptors (Lipinski definition) is 5. The van der Waals surface area contributed by atoms with Crippen molar-refractivity contribution in [3.05, 3.63) is 51.1 Å². The quantitative estimate of drug-likeness (QED) is 0.252. The molecule has 0 spiro atoms. The van der Waals surface area contributed by atoms with Crippen molar-refractivity contribution >= 4 is 34.7 Å². The third-order valence-corrected chi connectivity index (χ3v) is 4.35. The molecule has 2 aromatic carbocycles. The van der Waals surface area contributed by atoms with Gasteiger partial charge in [0.2, 0.25) is 5.91 Å². The molecular formula is C21H21IN2O4. The second kappa shape index (κ2) is 11.2. The summed E-state index contributed by atoms with van der Waals surface area (Å²) in [5, 5.41) is 4.01. The molecule has 0 unspecified atom stereocenters. The number of ether oxygens (including phenoxy) is 3. The number of hydrazone groups is 1. The van der Waals surface area contributed by atoms with Gasteiger partial charge in [0, 0.05) is 0 Å². The minimum absolute atomic E-state index is 0.154. The van der Waals surface area contributed by atoms with E-state index in [-0.39, 0.29) is 18.9 Å². The minimum Gasteiger partial charge on any atom is -0.494 e. The number of carbonyl (C=O) groups excluding carboxylic acids is 1. The van der Waals surface area contributed by atoms with Gasteiger partial charge in [0.15, 0.2) is 11.5 Å². The summed E-state index contributed by atoms with van der Waals surface area (Å²) >= 11 is 2.13. The molecule has 6 nitrogen and oxygen atoms in total. The molecule has 0 radical (unpaired) electrons. The van der Waals surface area contributed by atoms with Gasteiger partial charge in [-0.05, 0) is 64.9 Å². The Labute approximate surface area is 178 Å². The van der Waals surface area contributed by atoms with Crippen LogP contribution >= 0.6 is 22.6 Å². The fourth-order valence-corrected chi connectivity index (χ4v) is 3.12. The average Bonchev–Trinajstić information content (AvgIpc) is 2.68. The van der Waals surface area contributed by atoms with E-state index in [0.29, 0.717) is 18.1 Å². The molecule has 7 heteroatoms. The van der Waals surface area contributed by atoms with Gasteiger partial charge in [0.05, 0.1) is 29.9 Å². The Bertz CT molecular complexity index is 873. The highest BCUT2D eigenvalue weighted by Crippen LogP contribution is 2.33.